The van der Waals surface area contributed by atoms with Crippen LogP contribution in [0.4, 0.5) is 0 Å². The van der Waals surface area contributed by atoms with Crippen molar-refractivity contribution in [2.75, 3.05) is 20.3 Å². The van der Waals surface area contributed by atoms with Crippen LogP contribution in [0, 0.1) is 0 Å². The van der Waals surface area contributed by atoms with E-state index in [1.165, 1.54) is 13.2 Å². The van der Waals surface area contributed by atoms with Crippen LogP contribution in [-0.4, -0.2) is 43.2 Å². The predicted octanol–water partition coefficient (Wildman–Crippen LogP) is 0.933. The normalized spacial score (nSPS) is 14.4. The number of ether oxygens (including phenoxy) is 2. The first-order valence-electron chi connectivity index (χ1n) is 6.42. The second-order valence-corrected chi connectivity index (χ2v) is 4.30. The molecule has 7 heteroatoms. The van der Waals surface area contributed by atoms with Crippen molar-refractivity contribution in [2.24, 2.45) is 0 Å². The summed E-state index contributed by atoms with van der Waals surface area (Å²) in [6.45, 7) is 0.634. The molecular formula is C14H15NO6. The largest absolute Gasteiger partial charge is 0.490 e. The van der Waals surface area contributed by atoms with Crippen molar-refractivity contribution in [2.45, 2.75) is 12.8 Å². The van der Waals surface area contributed by atoms with Gasteiger partial charge in [-0.3, -0.25) is 9.59 Å². The topological polar surface area (TPSA) is 82.1 Å². The highest BCUT2D eigenvalue weighted by Crippen LogP contribution is 2.21. The highest BCUT2D eigenvalue weighted by atomic mass is 16.7. The van der Waals surface area contributed by atoms with Crippen molar-refractivity contribution in [1.29, 1.82) is 0 Å². The number of rotatable bonds is 6. The molecule has 1 heterocycles. The first kappa shape index (κ1) is 15.0. The molecular weight excluding hydrogens is 278 g/mol. The van der Waals surface area contributed by atoms with Gasteiger partial charge in [0, 0.05) is 20.0 Å². The quantitative estimate of drug-likeness (QED) is 0.573. The molecule has 0 N–H and O–H groups in total. The highest BCUT2D eigenvalue weighted by molar-refractivity contribution is 6.03. The molecule has 1 aromatic carbocycles. The van der Waals surface area contributed by atoms with Crippen LogP contribution in [0.3, 0.4) is 0 Å². The molecule has 7 nitrogen and oxygen atoms in total. The lowest BCUT2D eigenvalue weighted by atomic mass is 10.2. The third-order valence-corrected chi connectivity index (χ3v) is 2.83. The Hall–Kier alpha value is -2.41. The van der Waals surface area contributed by atoms with Crippen LogP contribution >= 0.6 is 0 Å². The SMILES string of the molecule is COCCOc1ccccc1C(=O)ON1C(=O)CCC1=O. The van der Waals surface area contributed by atoms with Gasteiger partial charge in [-0.05, 0) is 12.1 Å². The molecule has 0 spiro atoms. The number of para-hydroxylation sites is 1. The first-order valence-corrected chi connectivity index (χ1v) is 6.42. The van der Waals surface area contributed by atoms with Crippen molar-refractivity contribution in [3.63, 3.8) is 0 Å². The van der Waals surface area contributed by atoms with E-state index in [1.807, 2.05) is 0 Å². The summed E-state index contributed by atoms with van der Waals surface area (Å²) in [6, 6.07) is 6.42. The van der Waals surface area contributed by atoms with Gasteiger partial charge in [-0.25, -0.2) is 4.79 Å². The first-order chi connectivity index (χ1) is 10.1. The van der Waals surface area contributed by atoms with Crippen LogP contribution in [0.1, 0.15) is 23.2 Å². The van der Waals surface area contributed by atoms with Gasteiger partial charge in [-0.2, -0.15) is 0 Å². The molecule has 2 amide bonds. The fourth-order valence-corrected chi connectivity index (χ4v) is 1.79. The summed E-state index contributed by atoms with van der Waals surface area (Å²) in [6.07, 6.45) is 0.107. The molecule has 1 aliphatic rings. The van der Waals surface area contributed by atoms with E-state index in [1.54, 1.807) is 18.2 Å². The number of imide groups is 1. The molecule has 21 heavy (non-hydrogen) atoms. The zero-order chi connectivity index (χ0) is 15.2. The number of nitrogens with zero attached hydrogens (tertiary/aromatic N) is 1. The summed E-state index contributed by atoms with van der Waals surface area (Å²) in [5.41, 5.74) is 0.140. The second-order valence-electron chi connectivity index (χ2n) is 4.30. The Morgan fingerprint density at radius 3 is 2.48 bits per heavy atom. The molecule has 0 unspecified atom stereocenters. The Morgan fingerprint density at radius 2 is 1.81 bits per heavy atom. The Labute approximate surface area is 121 Å². The monoisotopic (exact) mass is 293 g/mol. The van der Waals surface area contributed by atoms with Gasteiger partial charge in [0.25, 0.3) is 11.8 Å². The maximum absolute atomic E-state index is 12.1. The van der Waals surface area contributed by atoms with Crippen LogP contribution in [-0.2, 0) is 19.2 Å². The molecule has 1 fully saturated rings. The molecule has 0 radical (unpaired) electrons. The van der Waals surface area contributed by atoms with Crippen molar-refractivity contribution in [3.05, 3.63) is 29.8 Å². The van der Waals surface area contributed by atoms with E-state index in [4.69, 9.17) is 14.3 Å². The molecule has 1 aliphatic heterocycles. The van der Waals surface area contributed by atoms with Crippen LogP contribution in [0.15, 0.2) is 24.3 Å². The summed E-state index contributed by atoms with van der Waals surface area (Å²) in [5, 5.41) is 0.508. The van der Waals surface area contributed by atoms with Crippen molar-refractivity contribution in [3.8, 4) is 5.75 Å². The summed E-state index contributed by atoms with van der Waals surface area (Å²) >= 11 is 0. The van der Waals surface area contributed by atoms with Crippen molar-refractivity contribution >= 4 is 17.8 Å². The third-order valence-electron chi connectivity index (χ3n) is 2.83. The van der Waals surface area contributed by atoms with Gasteiger partial charge in [0.15, 0.2) is 0 Å². The van der Waals surface area contributed by atoms with Crippen molar-refractivity contribution < 1.29 is 28.7 Å². The Morgan fingerprint density at radius 1 is 1.14 bits per heavy atom. The molecule has 1 aromatic rings. The zero-order valence-corrected chi connectivity index (χ0v) is 11.5. The summed E-state index contributed by atoms with van der Waals surface area (Å²) in [4.78, 5) is 39.8. The average Bonchev–Trinajstić information content (AvgIpc) is 2.80. The standard InChI is InChI=1S/C14H15NO6/c1-19-8-9-20-11-5-3-2-4-10(11)14(18)21-15-12(16)6-7-13(15)17/h2-5H,6-9H2,1H3. The molecule has 0 aliphatic carbocycles. The van der Waals surface area contributed by atoms with Crippen LogP contribution < -0.4 is 4.74 Å². The number of carbonyl (C=O) groups excluding carboxylic acids is 3. The lowest BCUT2D eigenvalue weighted by Crippen LogP contribution is -2.32. The summed E-state index contributed by atoms with van der Waals surface area (Å²) in [5.74, 6) is -1.55. The van der Waals surface area contributed by atoms with E-state index in [9.17, 15) is 14.4 Å². The molecule has 0 bridgehead atoms. The zero-order valence-electron chi connectivity index (χ0n) is 11.5. The molecule has 0 atom stereocenters. The lowest BCUT2D eigenvalue weighted by molar-refractivity contribution is -0.172. The summed E-state index contributed by atoms with van der Waals surface area (Å²) in [7, 11) is 1.54. The number of methoxy groups -OCH3 is 1. The van der Waals surface area contributed by atoms with Crippen LogP contribution in [0.25, 0.3) is 0 Å². The summed E-state index contributed by atoms with van der Waals surface area (Å²) < 4.78 is 10.3. The fourth-order valence-electron chi connectivity index (χ4n) is 1.79. The Bertz CT molecular complexity index is 540. The Balaban J connectivity index is 2.08. The Kier molecular flexibility index (Phi) is 4.89. The number of benzene rings is 1. The third kappa shape index (κ3) is 3.57. The van der Waals surface area contributed by atoms with E-state index in [0.717, 1.165) is 0 Å². The number of hydrogen-bond acceptors (Lipinski definition) is 6. The van der Waals surface area contributed by atoms with Gasteiger partial charge < -0.3 is 14.3 Å². The van der Waals surface area contributed by atoms with Gasteiger partial charge in [0.2, 0.25) is 0 Å². The number of hydrogen-bond donors (Lipinski definition) is 0. The van der Waals surface area contributed by atoms with Gasteiger partial charge in [-0.1, -0.05) is 12.1 Å². The minimum Gasteiger partial charge on any atom is -0.490 e. The molecule has 0 saturated carbocycles. The molecule has 1 saturated heterocycles. The second kappa shape index (κ2) is 6.85. The van der Waals surface area contributed by atoms with Gasteiger partial charge in [-0.15, -0.1) is 5.06 Å². The smallest absolute Gasteiger partial charge is 0.367 e. The fraction of sp³-hybridized carbons (Fsp3) is 0.357. The van der Waals surface area contributed by atoms with Gasteiger partial charge >= 0.3 is 5.97 Å². The van der Waals surface area contributed by atoms with Crippen LogP contribution in [0.5, 0.6) is 5.75 Å². The van der Waals surface area contributed by atoms with E-state index in [2.05, 4.69) is 0 Å². The molecule has 2 rings (SSSR count). The minimum absolute atomic E-state index is 0.0537. The molecule has 0 aromatic heterocycles. The van der Waals surface area contributed by atoms with Gasteiger partial charge in [0.05, 0.1) is 6.61 Å². The number of carbonyl (C=O) groups is 3. The minimum atomic E-state index is -0.813. The van der Waals surface area contributed by atoms with Crippen LogP contribution in [0.2, 0.25) is 0 Å². The van der Waals surface area contributed by atoms with E-state index < -0.39 is 17.8 Å². The molecule has 112 valence electrons. The predicted molar refractivity (Wildman–Crippen MR) is 70.3 cm³/mol. The van der Waals surface area contributed by atoms with Gasteiger partial charge in [0.1, 0.15) is 17.9 Å². The van der Waals surface area contributed by atoms with E-state index >= 15 is 0 Å². The average molecular weight is 293 g/mol. The maximum Gasteiger partial charge on any atom is 0.367 e. The van der Waals surface area contributed by atoms with Crippen molar-refractivity contribution in [1.82, 2.24) is 5.06 Å². The number of hydroxylamine groups is 2. The maximum atomic E-state index is 12.1. The highest BCUT2D eigenvalue weighted by Gasteiger charge is 2.33. The van der Waals surface area contributed by atoms with E-state index in [0.29, 0.717) is 17.4 Å². The number of amides is 2. The van der Waals surface area contributed by atoms with E-state index in [-0.39, 0.29) is 25.0 Å². The lowest BCUT2D eigenvalue weighted by Gasteiger charge is -2.14.